The van der Waals surface area contributed by atoms with Crippen LogP contribution in [0, 0.1) is 0 Å². The molecule has 0 radical (unpaired) electrons. The van der Waals surface area contributed by atoms with Crippen molar-refractivity contribution in [3.05, 3.63) is 17.5 Å². The van der Waals surface area contributed by atoms with Gasteiger partial charge in [0.2, 0.25) is 0 Å². The molecule has 0 amide bonds. The van der Waals surface area contributed by atoms with Gasteiger partial charge in [-0.1, -0.05) is 27.7 Å². The Morgan fingerprint density at radius 1 is 1.43 bits per heavy atom. The summed E-state index contributed by atoms with van der Waals surface area (Å²) in [5.41, 5.74) is 2.06. The normalized spacial score (nSPS) is 13.2. The van der Waals surface area contributed by atoms with Gasteiger partial charge < -0.3 is 10.1 Å². The summed E-state index contributed by atoms with van der Waals surface area (Å²) in [5, 5.41) is 8.04. The highest BCUT2D eigenvalue weighted by atomic mass is 16.5. The first-order valence-electron chi connectivity index (χ1n) is 7.72. The van der Waals surface area contributed by atoms with Crippen LogP contribution in [0.15, 0.2) is 6.20 Å². The van der Waals surface area contributed by atoms with Crippen LogP contribution >= 0.6 is 0 Å². The molecular weight excluding hydrogens is 266 g/mol. The fourth-order valence-corrected chi connectivity index (χ4v) is 2.34. The van der Waals surface area contributed by atoms with E-state index >= 15 is 0 Å². The highest BCUT2D eigenvalue weighted by molar-refractivity contribution is 5.70. The minimum atomic E-state index is -0.171. The molecule has 5 nitrogen and oxygen atoms in total. The number of ether oxygens (including phenoxy) is 1. The zero-order chi connectivity index (χ0) is 16.0. The number of esters is 1. The molecule has 0 aromatic carbocycles. The third-order valence-electron chi connectivity index (χ3n) is 3.26. The average Bonchev–Trinajstić information content (AvgIpc) is 2.77. The first-order chi connectivity index (χ1) is 9.79. The standard InChI is InChI=1S/C16H29N3O2/c1-7-9-17-13(10-14(20)21-8-2)12-11-19(6)18-15(12)16(3,4)5/h11,13,17H,7-10H2,1-6H3. The Balaban J connectivity index is 3.05. The third-order valence-corrected chi connectivity index (χ3v) is 3.26. The lowest BCUT2D eigenvalue weighted by Gasteiger charge is -2.23. The zero-order valence-electron chi connectivity index (χ0n) is 14.2. The van der Waals surface area contributed by atoms with E-state index in [4.69, 9.17) is 4.74 Å². The minimum absolute atomic E-state index is 0.0491. The lowest BCUT2D eigenvalue weighted by atomic mass is 9.87. The number of aryl methyl sites for hydroxylation is 1. The summed E-state index contributed by atoms with van der Waals surface area (Å²) in [7, 11) is 1.92. The summed E-state index contributed by atoms with van der Waals surface area (Å²) in [6.07, 6.45) is 3.36. The van der Waals surface area contributed by atoms with Crippen molar-refractivity contribution in [2.24, 2.45) is 7.05 Å². The number of carbonyl (C=O) groups is 1. The first-order valence-corrected chi connectivity index (χ1v) is 7.72. The van der Waals surface area contributed by atoms with Crippen LogP contribution in [0.4, 0.5) is 0 Å². The maximum absolute atomic E-state index is 11.9. The number of rotatable bonds is 7. The van der Waals surface area contributed by atoms with E-state index in [1.165, 1.54) is 0 Å². The van der Waals surface area contributed by atoms with Crippen molar-refractivity contribution >= 4 is 5.97 Å². The Hall–Kier alpha value is -1.36. The van der Waals surface area contributed by atoms with Crippen LogP contribution in [0.1, 0.15) is 64.8 Å². The number of aromatic nitrogens is 2. The number of carbonyl (C=O) groups excluding carboxylic acids is 1. The van der Waals surface area contributed by atoms with Gasteiger partial charge >= 0.3 is 5.97 Å². The van der Waals surface area contributed by atoms with E-state index in [9.17, 15) is 4.79 Å². The van der Waals surface area contributed by atoms with Crippen LogP contribution in [0.2, 0.25) is 0 Å². The number of hydrogen-bond donors (Lipinski definition) is 1. The molecule has 1 unspecified atom stereocenters. The molecule has 120 valence electrons. The van der Waals surface area contributed by atoms with Gasteiger partial charge in [0.25, 0.3) is 0 Å². The van der Waals surface area contributed by atoms with Gasteiger partial charge in [-0.3, -0.25) is 9.48 Å². The fourth-order valence-electron chi connectivity index (χ4n) is 2.34. The average molecular weight is 295 g/mol. The van der Waals surface area contributed by atoms with Crippen molar-refractivity contribution in [3.8, 4) is 0 Å². The summed E-state index contributed by atoms with van der Waals surface area (Å²) in [6.45, 7) is 11.6. The smallest absolute Gasteiger partial charge is 0.307 e. The van der Waals surface area contributed by atoms with Crippen molar-refractivity contribution in [1.82, 2.24) is 15.1 Å². The predicted molar refractivity (Wildman–Crippen MR) is 84.2 cm³/mol. The van der Waals surface area contributed by atoms with E-state index in [0.717, 1.165) is 24.2 Å². The monoisotopic (exact) mass is 295 g/mol. The molecule has 1 atom stereocenters. The SMILES string of the molecule is CCCNC(CC(=O)OCC)c1cn(C)nc1C(C)(C)C. The molecular formula is C16H29N3O2. The van der Waals surface area contributed by atoms with E-state index in [1.807, 2.05) is 24.9 Å². The highest BCUT2D eigenvalue weighted by Crippen LogP contribution is 2.30. The van der Waals surface area contributed by atoms with Gasteiger partial charge in [-0.05, 0) is 19.9 Å². The number of hydrogen-bond acceptors (Lipinski definition) is 4. The van der Waals surface area contributed by atoms with Crippen LogP contribution < -0.4 is 5.32 Å². The predicted octanol–water partition coefficient (Wildman–Crippen LogP) is 2.71. The molecule has 1 N–H and O–H groups in total. The van der Waals surface area contributed by atoms with E-state index in [0.29, 0.717) is 13.0 Å². The van der Waals surface area contributed by atoms with E-state index in [1.54, 1.807) is 0 Å². The molecule has 1 rings (SSSR count). The Morgan fingerprint density at radius 3 is 2.62 bits per heavy atom. The minimum Gasteiger partial charge on any atom is -0.466 e. The van der Waals surface area contributed by atoms with Gasteiger partial charge in [-0.15, -0.1) is 0 Å². The number of nitrogens with one attached hydrogen (secondary N) is 1. The van der Waals surface area contributed by atoms with Gasteiger partial charge in [0.05, 0.1) is 18.7 Å². The Labute approximate surface area is 128 Å². The quantitative estimate of drug-likeness (QED) is 0.786. The molecule has 0 aliphatic rings. The van der Waals surface area contributed by atoms with E-state index in [-0.39, 0.29) is 17.4 Å². The molecule has 21 heavy (non-hydrogen) atoms. The van der Waals surface area contributed by atoms with Gasteiger partial charge in [-0.25, -0.2) is 0 Å². The second-order valence-corrected chi connectivity index (χ2v) is 6.37. The topological polar surface area (TPSA) is 56.1 Å². The van der Waals surface area contributed by atoms with Crippen molar-refractivity contribution in [1.29, 1.82) is 0 Å². The van der Waals surface area contributed by atoms with Gasteiger partial charge in [0, 0.05) is 30.3 Å². The van der Waals surface area contributed by atoms with Crippen LogP contribution in [0.3, 0.4) is 0 Å². The highest BCUT2D eigenvalue weighted by Gasteiger charge is 2.27. The van der Waals surface area contributed by atoms with Gasteiger partial charge in [0.15, 0.2) is 0 Å². The van der Waals surface area contributed by atoms with Crippen LogP contribution in [0.25, 0.3) is 0 Å². The molecule has 1 aromatic rings. The van der Waals surface area contributed by atoms with Crippen LogP contribution in [-0.2, 0) is 22.0 Å². The summed E-state index contributed by atoms with van der Waals surface area (Å²) in [5.74, 6) is -0.171. The molecule has 0 saturated carbocycles. The lowest BCUT2D eigenvalue weighted by Crippen LogP contribution is -2.28. The van der Waals surface area contributed by atoms with Gasteiger partial charge in [0.1, 0.15) is 0 Å². The van der Waals surface area contributed by atoms with Crippen molar-refractivity contribution in [3.63, 3.8) is 0 Å². The summed E-state index contributed by atoms with van der Waals surface area (Å²) in [6, 6.07) is -0.0491. The van der Waals surface area contributed by atoms with E-state index in [2.05, 4.69) is 38.1 Å². The van der Waals surface area contributed by atoms with E-state index < -0.39 is 0 Å². The molecule has 1 aromatic heterocycles. The Morgan fingerprint density at radius 2 is 2.10 bits per heavy atom. The van der Waals surface area contributed by atoms with Crippen LogP contribution in [-0.4, -0.2) is 28.9 Å². The van der Waals surface area contributed by atoms with Gasteiger partial charge in [-0.2, -0.15) is 5.10 Å². The van der Waals surface area contributed by atoms with Crippen molar-refractivity contribution < 1.29 is 9.53 Å². The summed E-state index contributed by atoms with van der Waals surface area (Å²) >= 11 is 0. The van der Waals surface area contributed by atoms with Crippen LogP contribution in [0.5, 0.6) is 0 Å². The molecule has 0 bridgehead atoms. The molecule has 0 aliphatic carbocycles. The summed E-state index contributed by atoms with van der Waals surface area (Å²) in [4.78, 5) is 11.9. The third kappa shape index (κ3) is 5.16. The second-order valence-electron chi connectivity index (χ2n) is 6.37. The largest absolute Gasteiger partial charge is 0.466 e. The number of nitrogens with zero attached hydrogens (tertiary/aromatic N) is 2. The first kappa shape index (κ1) is 17.7. The Bertz CT molecular complexity index is 461. The Kier molecular flexibility index (Phi) is 6.40. The van der Waals surface area contributed by atoms with Crippen molar-refractivity contribution in [2.45, 2.75) is 58.9 Å². The summed E-state index contributed by atoms with van der Waals surface area (Å²) < 4.78 is 6.92. The molecule has 0 aliphatic heterocycles. The second kappa shape index (κ2) is 7.59. The molecule has 0 saturated heterocycles. The van der Waals surface area contributed by atoms with Crippen molar-refractivity contribution in [2.75, 3.05) is 13.2 Å². The zero-order valence-corrected chi connectivity index (χ0v) is 14.2. The molecule has 0 fully saturated rings. The lowest BCUT2D eigenvalue weighted by molar-refractivity contribution is -0.143. The molecule has 5 heteroatoms. The molecule has 1 heterocycles. The fraction of sp³-hybridized carbons (Fsp3) is 0.750. The maximum Gasteiger partial charge on any atom is 0.307 e. The maximum atomic E-state index is 11.9. The molecule has 0 spiro atoms.